The van der Waals surface area contributed by atoms with Crippen LogP contribution >= 0.6 is 11.3 Å². The zero-order valence-corrected chi connectivity index (χ0v) is 13.6. The lowest BCUT2D eigenvalue weighted by Gasteiger charge is -1.99. The molecule has 0 saturated heterocycles. The molecule has 4 nitrogen and oxygen atoms in total. The first-order valence-corrected chi connectivity index (χ1v) is 8.43. The third-order valence-electron chi connectivity index (χ3n) is 3.80. The van der Waals surface area contributed by atoms with E-state index in [9.17, 15) is 0 Å². The van der Waals surface area contributed by atoms with Crippen LogP contribution in [0.25, 0.3) is 15.5 Å². The van der Waals surface area contributed by atoms with Gasteiger partial charge in [0, 0.05) is 12.0 Å². The molecule has 5 heteroatoms. The van der Waals surface area contributed by atoms with Crippen LogP contribution in [-0.2, 0) is 12.8 Å². The van der Waals surface area contributed by atoms with Crippen molar-refractivity contribution in [3.8, 4) is 10.6 Å². The van der Waals surface area contributed by atoms with Crippen molar-refractivity contribution in [1.29, 1.82) is 0 Å². The van der Waals surface area contributed by atoms with Crippen LogP contribution < -0.4 is 0 Å². The molecule has 0 aliphatic heterocycles. The van der Waals surface area contributed by atoms with Gasteiger partial charge in [0.2, 0.25) is 4.96 Å². The molecule has 0 saturated carbocycles. The van der Waals surface area contributed by atoms with E-state index < -0.39 is 0 Å². The fourth-order valence-corrected chi connectivity index (χ4v) is 3.46. The highest BCUT2D eigenvalue weighted by Crippen LogP contribution is 2.26. The van der Waals surface area contributed by atoms with Gasteiger partial charge >= 0.3 is 0 Å². The summed E-state index contributed by atoms with van der Waals surface area (Å²) in [6, 6.07) is 18.8. The van der Waals surface area contributed by atoms with Crippen LogP contribution in [0.4, 0.5) is 0 Å². The van der Waals surface area contributed by atoms with Crippen LogP contribution in [0.2, 0.25) is 0 Å². The Labute approximate surface area is 138 Å². The summed E-state index contributed by atoms with van der Waals surface area (Å²) < 4.78 is 1.88. The summed E-state index contributed by atoms with van der Waals surface area (Å²) in [6.07, 6.45) is 1.78. The highest BCUT2D eigenvalue weighted by Gasteiger charge is 2.13. The maximum absolute atomic E-state index is 4.71. The molecule has 114 valence electrons. The van der Waals surface area contributed by atoms with E-state index in [1.54, 1.807) is 11.3 Å². The molecule has 0 aliphatic carbocycles. The van der Waals surface area contributed by atoms with Crippen LogP contribution in [0.15, 0.2) is 54.6 Å². The molecule has 0 radical (unpaired) electrons. The van der Waals surface area contributed by atoms with Gasteiger partial charge in [-0.3, -0.25) is 0 Å². The van der Waals surface area contributed by atoms with Gasteiger partial charge in [0.25, 0.3) is 0 Å². The van der Waals surface area contributed by atoms with E-state index in [1.165, 1.54) is 11.1 Å². The molecule has 0 spiro atoms. The number of nitrogens with zero attached hydrogens (tertiary/aromatic N) is 4. The molecule has 4 aromatic rings. The highest BCUT2D eigenvalue weighted by molar-refractivity contribution is 7.19. The van der Waals surface area contributed by atoms with Crippen molar-refractivity contribution in [2.24, 2.45) is 0 Å². The maximum atomic E-state index is 4.71. The first-order valence-electron chi connectivity index (χ1n) is 7.62. The van der Waals surface area contributed by atoms with E-state index in [4.69, 9.17) is 5.10 Å². The lowest BCUT2D eigenvalue weighted by Crippen LogP contribution is -1.99. The average Bonchev–Trinajstić information content (AvgIpc) is 3.15. The number of rotatable bonds is 4. The van der Waals surface area contributed by atoms with Gasteiger partial charge in [-0.05, 0) is 25.0 Å². The Hall–Kier alpha value is -2.53. The Kier molecular flexibility index (Phi) is 3.63. The molecular weight excluding hydrogens is 304 g/mol. The number of aryl methyl sites for hydroxylation is 3. The summed E-state index contributed by atoms with van der Waals surface area (Å²) in [7, 11) is 0. The molecule has 2 heterocycles. The largest absolute Gasteiger partial charge is 0.234 e. The second kappa shape index (κ2) is 5.93. The van der Waals surface area contributed by atoms with E-state index >= 15 is 0 Å². The molecule has 4 rings (SSSR count). The summed E-state index contributed by atoms with van der Waals surface area (Å²) in [4.78, 5) is 0.851. The minimum Gasteiger partial charge on any atom is -0.187 e. The first-order chi connectivity index (χ1) is 11.3. The van der Waals surface area contributed by atoms with Crippen molar-refractivity contribution in [3.05, 3.63) is 71.5 Å². The third kappa shape index (κ3) is 2.87. The standard InChI is InChI=1S/C18H16N4S/c1-13-6-5-9-15(12-13)17-21-22-16(19-20-18(22)23-17)11-10-14-7-3-2-4-8-14/h2-9,12H,10-11H2,1H3. The van der Waals surface area contributed by atoms with Gasteiger partial charge in [-0.1, -0.05) is 65.4 Å². The zero-order chi connectivity index (χ0) is 15.6. The van der Waals surface area contributed by atoms with Gasteiger partial charge < -0.3 is 0 Å². The predicted molar refractivity (Wildman–Crippen MR) is 92.7 cm³/mol. The minimum absolute atomic E-state index is 0.835. The second-order valence-corrected chi connectivity index (χ2v) is 6.53. The van der Waals surface area contributed by atoms with Crippen molar-refractivity contribution >= 4 is 16.3 Å². The lowest BCUT2D eigenvalue weighted by atomic mass is 10.1. The second-order valence-electron chi connectivity index (χ2n) is 5.57. The van der Waals surface area contributed by atoms with Gasteiger partial charge in [-0.2, -0.15) is 9.61 Å². The number of hydrogen-bond acceptors (Lipinski definition) is 4. The van der Waals surface area contributed by atoms with E-state index in [2.05, 4.69) is 65.7 Å². The van der Waals surface area contributed by atoms with Crippen molar-refractivity contribution in [2.75, 3.05) is 0 Å². The topological polar surface area (TPSA) is 43.1 Å². The molecule has 0 atom stereocenters. The van der Waals surface area contributed by atoms with Crippen LogP contribution in [0.1, 0.15) is 17.0 Å². The fraction of sp³-hybridized carbons (Fsp3) is 0.167. The molecule has 23 heavy (non-hydrogen) atoms. The van der Waals surface area contributed by atoms with E-state index in [-0.39, 0.29) is 0 Å². The van der Waals surface area contributed by atoms with E-state index in [0.29, 0.717) is 0 Å². The van der Waals surface area contributed by atoms with Crippen LogP contribution in [0, 0.1) is 6.92 Å². The fourth-order valence-electron chi connectivity index (χ4n) is 2.61. The average molecular weight is 320 g/mol. The summed E-state index contributed by atoms with van der Waals surface area (Å²) in [5, 5.41) is 14.2. The van der Waals surface area contributed by atoms with Gasteiger partial charge in [-0.25, -0.2) is 0 Å². The lowest BCUT2D eigenvalue weighted by molar-refractivity contribution is 0.793. The first kappa shape index (κ1) is 14.1. The molecule has 2 aromatic heterocycles. The van der Waals surface area contributed by atoms with Crippen LogP contribution in [-0.4, -0.2) is 19.8 Å². The van der Waals surface area contributed by atoms with Crippen molar-refractivity contribution in [3.63, 3.8) is 0 Å². The normalized spacial score (nSPS) is 11.2. The summed E-state index contributed by atoms with van der Waals surface area (Å²) in [5.41, 5.74) is 3.67. The molecule has 0 fully saturated rings. The number of aromatic nitrogens is 4. The van der Waals surface area contributed by atoms with Gasteiger partial charge in [0.15, 0.2) is 5.82 Å². The van der Waals surface area contributed by atoms with Crippen LogP contribution in [0.5, 0.6) is 0 Å². The Bertz CT molecular complexity index is 940. The quantitative estimate of drug-likeness (QED) is 0.572. The molecule has 0 bridgehead atoms. The van der Waals surface area contributed by atoms with Crippen molar-refractivity contribution in [1.82, 2.24) is 19.8 Å². The van der Waals surface area contributed by atoms with Crippen molar-refractivity contribution < 1.29 is 0 Å². The Balaban J connectivity index is 1.62. The predicted octanol–water partition coefficient (Wildman–Crippen LogP) is 3.95. The van der Waals surface area contributed by atoms with Gasteiger partial charge in [-0.15, -0.1) is 10.2 Å². The Morgan fingerprint density at radius 3 is 2.65 bits per heavy atom. The molecule has 0 N–H and O–H groups in total. The van der Waals surface area contributed by atoms with Crippen molar-refractivity contribution in [2.45, 2.75) is 19.8 Å². The Morgan fingerprint density at radius 1 is 0.957 bits per heavy atom. The zero-order valence-electron chi connectivity index (χ0n) is 12.8. The van der Waals surface area contributed by atoms with E-state index in [1.807, 2.05) is 10.6 Å². The number of fused-ring (bicyclic) bond motifs is 1. The Morgan fingerprint density at radius 2 is 1.83 bits per heavy atom. The minimum atomic E-state index is 0.835. The molecule has 0 unspecified atom stereocenters. The number of hydrogen-bond donors (Lipinski definition) is 0. The molecule has 2 aromatic carbocycles. The molecule has 0 aliphatic rings. The third-order valence-corrected chi connectivity index (χ3v) is 4.75. The highest BCUT2D eigenvalue weighted by atomic mass is 32.1. The molecular formula is C18H16N4S. The van der Waals surface area contributed by atoms with Crippen LogP contribution in [0.3, 0.4) is 0 Å². The smallest absolute Gasteiger partial charge is 0.187 e. The number of benzene rings is 2. The van der Waals surface area contributed by atoms with Gasteiger partial charge in [0.05, 0.1) is 0 Å². The SMILES string of the molecule is Cc1cccc(-c2nn3c(CCc4ccccc4)nnc3s2)c1. The van der Waals surface area contributed by atoms with Gasteiger partial charge in [0.1, 0.15) is 5.01 Å². The summed E-state index contributed by atoms with van der Waals surface area (Å²) in [5.74, 6) is 0.916. The van der Waals surface area contributed by atoms with E-state index in [0.717, 1.165) is 34.2 Å². The summed E-state index contributed by atoms with van der Waals surface area (Å²) in [6.45, 7) is 2.09. The monoisotopic (exact) mass is 320 g/mol. The summed E-state index contributed by atoms with van der Waals surface area (Å²) >= 11 is 1.58. The maximum Gasteiger partial charge on any atom is 0.234 e. The molecule has 0 amide bonds.